The molecular weight excluding hydrogens is 212 g/mol. The van der Waals surface area contributed by atoms with E-state index in [1.54, 1.807) is 7.05 Å². The van der Waals surface area contributed by atoms with Crippen LogP contribution in [0.4, 0.5) is 0 Å². The van der Waals surface area contributed by atoms with Crippen molar-refractivity contribution in [3.8, 4) is 0 Å². The number of carbonyl (C=O) groups excluding carboxylic acids is 1. The van der Waals surface area contributed by atoms with Crippen LogP contribution in [-0.4, -0.2) is 26.0 Å². The standard InChI is InChI=1S/C14H28N2O/c1-11-6-5-7-12(8-11)9-16-10-14(2,3)13(17)15-4/h11-12,16H,5-10H2,1-4H3,(H,15,17)/t11-,12-/m0/s1. The zero-order valence-corrected chi connectivity index (χ0v) is 11.8. The van der Waals surface area contributed by atoms with Gasteiger partial charge in [-0.05, 0) is 45.1 Å². The predicted molar refractivity (Wildman–Crippen MR) is 71.8 cm³/mol. The van der Waals surface area contributed by atoms with Crippen molar-refractivity contribution < 1.29 is 4.79 Å². The summed E-state index contributed by atoms with van der Waals surface area (Å²) in [5, 5.41) is 6.19. The molecule has 17 heavy (non-hydrogen) atoms. The Labute approximate surface area is 106 Å². The highest BCUT2D eigenvalue weighted by Crippen LogP contribution is 2.28. The zero-order chi connectivity index (χ0) is 12.9. The Morgan fingerprint density at radius 1 is 1.35 bits per heavy atom. The minimum Gasteiger partial charge on any atom is -0.359 e. The van der Waals surface area contributed by atoms with Crippen molar-refractivity contribution in [3.63, 3.8) is 0 Å². The molecule has 0 aromatic heterocycles. The summed E-state index contributed by atoms with van der Waals surface area (Å²) in [6, 6.07) is 0. The maximum atomic E-state index is 11.6. The Bertz CT molecular complexity index is 251. The fourth-order valence-electron chi connectivity index (χ4n) is 2.75. The molecule has 0 aromatic carbocycles. The minimum atomic E-state index is -0.310. The van der Waals surface area contributed by atoms with E-state index in [9.17, 15) is 4.79 Å². The summed E-state index contributed by atoms with van der Waals surface area (Å²) in [5.74, 6) is 1.80. The summed E-state index contributed by atoms with van der Waals surface area (Å²) in [5.41, 5.74) is -0.310. The second kappa shape index (κ2) is 6.39. The summed E-state index contributed by atoms with van der Waals surface area (Å²) in [7, 11) is 1.70. The van der Waals surface area contributed by atoms with Crippen LogP contribution in [0.1, 0.15) is 46.5 Å². The molecule has 100 valence electrons. The Morgan fingerprint density at radius 3 is 2.65 bits per heavy atom. The Balaban J connectivity index is 2.25. The van der Waals surface area contributed by atoms with E-state index in [0.717, 1.165) is 24.9 Å². The van der Waals surface area contributed by atoms with Crippen LogP contribution >= 0.6 is 0 Å². The van der Waals surface area contributed by atoms with Gasteiger partial charge in [0.05, 0.1) is 5.41 Å². The Hall–Kier alpha value is -0.570. The lowest BCUT2D eigenvalue weighted by Crippen LogP contribution is -2.43. The Morgan fingerprint density at radius 2 is 2.06 bits per heavy atom. The maximum absolute atomic E-state index is 11.6. The molecule has 1 aliphatic carbocycles. The largest absolute Gasteiger partial charge is 0.359 e. The van der Waals surface area contributed by atoms with Crippen LogP contribution in [0.2, 0.25) is 0 Å². The summed E-state index contributed by atoms with van der Waals surface area (Å²) in [4.78, 5) is 11.6. The van der Waals surface area contributed by atoms with Crippen molar-refractivity contribution in [1.29, 1.82) is 0 Å². The highest BCUT2D eigenvalue weighted by atomic mass is 16.2. The van der Waals surface area contributed by atoms with E-state index in [4.69, 9.17) is 0 Å². The van der Waals surface area contributed by atoms with E-state index in [0.29, 0.717) is 0 Å². The lowest BCUT2D eigenvalue weighted by atomic mass is 9.82. The monoisotopic (exact) mass is 240 g/mol. The first-order valence-corrected chi connectivity index (χ1v) is 6.88. The lowest BCUT2D eigenvalue weighted by Gasteiger charge is -2.29. The fourth-order valence-corrected chi connectivity index (χ4v) is 2.75. The molecule has 0 spiro atoms. The lowest BCUT2D eigenvalue weighted by molar-refractivity contribution is -0.128. The second-order valence-corrected chi connectivity index (χ2v) is 6.23. The SMILES string of the molecule is CNC(=O)C(C)(C)CNC[C@H]1CCC[C@H](C)C1. The molecule has 1 fully saturated rings. The van der Waals surface area contributed by atoms with Gasteiger partial charge in [0.15, 0.2) is 0 Å². The normalized spacial score (nSPS) is 25.6. The van der Waals surface area contributed by atoms with E-state index < -0.39 is 0 Å². The molecule has 1 aliphatic rings. The predicted octanol–water partition coefficient (Wildman–Crippen LogP) is 2.17. The topological polar surface area (TPSA) is 41.1 Å². The van der Waals surface area contributed by atoms with Crippen LogP contribution in [-0.2, 0) is 4.79 Å². The van der Waals surface area contributed by atoms with Gasteiger partial charge in [0.25, 0.3) is 0 Å². The second-order valence-electron chi connectivity index (χ2n) is 6.23. The average Bonchev–Trinajstić information content (AvgIpc) is 2.27. The van der Waals surface area contributed by atoms with Crippen LogP contribution in [0.15, 0.2) is 0 Å². The van der Waals surface area contributed by atoms with Gasteiger partial charge < -0.3 is 10.6 Å². The van der Waals surface area contributed by atoms with Gasteiger partial charge >= 0.3 is 0 Å². The molecule has 0 aliphatic heterocycles. The van der Waals surface area contributed by atoms with Gasteiger partial charge in [0.2, 0.25) is 5.91 Å². The van der Waals surface area contributed by atoms with Crippen LogP contribution in [0.25, 0.3) is 0 Å². The number of amides is 1. The minimum absolute atomic E-state index is 0.113. The van der Waals surface area contributed by atoms with Crippen molar-refractivity contribution >= 4 is 5.91 Å². The molecule has 1 rings (SSSR count). The van der Waals surface area contributed by atoms with Crippen molar-refractivity contribution in [1.82, 2.24) is 10.6 Å². The molecule has 0 aromatic rings. The summed E-state index contributed by atoms with van der Waals surface area (Å²) in [6.07, 6.45) is 5.44. The van der Waals surface area contributed by atoms with Gasteiger partial charge in [-0.3, -0.25) is 4.79 Å². The van der Waals surface area contributed by atoms with Crippen molar-refractivity contribution in [2.24, 2.45) is 17.3 Å². The molecule has 0 unspecified atom stereocenters. The average molecular weight is 240 g/mol. The smallest absolute Gasteiger partial charge is 0.226 e. The van der Waals surface area contributed by atoms with Crippen LogP contribution < -0.4 is 10.6 Å². The van der Waals surface area contributed by atoms with Crippen LogP contribution in [0, 0.1) is 17.3 Å². The van der Waals surface area contributed by atoms with Crippen LogP contribution in [0.3, 0.4) is 0 Å². The molecule has 0 heterocycles. The maximum Gasteiger partial charge on any atom is 0.226 e. The quantitative estimate of drug-likeness (QED) is 0.773. The molecule has 0 radical (unpaired) electrons. The molecule has 3 nitrogen and oxygen atoms in total. The van der Waals surface area contributed by atoms with E-state index in [2.05, 4.69) is 17.6 Å². The first kappa shape index (κ1) is 14.5. The third kappa shape index (κ3) is 4.66. The number of rotatable bonds is 5. The van der Waals surface area contributed by atoms with E-state index in [-0.39, 0.29) is 11.3 Å². The number of hydrogen-bond acceptors (Lipinski definition) is 2. The van der Waals surface area contributed by atoms with Crippen molar-refractivity contribution in [2.45, 2.75) is 46.5 Å². The van der Waals surface area contributed by atoms with Gasteiger partial charge in [-0.1, -0.05) is 19.8 Å². The van der Waals surface area contributed by atoms with E-state index in [1.165, 1.54) is 25.7 Å². The number of carbonyl (C=O) groups is 1. The molecule has 2 N–H and O–H groups in total. The number of hydrogen-bond donors (Lipinski definition) is 2. The molecule has 3 heteroatoms. The Kier molecular flexibility index (Phi) is 5.44. The first-order chi connectivity index (χ1) is 7.95. The van der Waals surface area contributed by atoms with E-state index >= 15 is 0 Å². The zero-order valence-electron chi connectivity index (χ0n) is 11.8. The van der Waals surface area contributed by atoms with E-state index in [1.807, 2.05) is 13.8 Å². The molecule has 2 atom stereocenters. The van der Waals surface area contributed by atoms with Gasteiger partial charge in [0, 0.05) is 13.6 Å². The third-order valence-corrected chi connectivity index (χ3v) is 3.89. The first-order valence-electron chi connectivity index (χ1n) is 6.88. The summed E-state index contributed by atoms with van der Waals surface area (Å²) < 4.78 is 0. The van der Waals surface area contributed by atoms with Gasteiger partial charge in [-0.25, -0.2) is 0 Å². The molecule has 1 saturated carbocycles. The van der Waals surface area contributed by atoms with Gasteiger partial charge in [-0.2, -0.15) is 0 Å². The number of nitrogens with one attached hydrogen (secondary N) is 2. The molecule has 0 bridgehead atoms. The third-order valence-electron chi connectivity index (χ3n) is 3.89. The molecular formula is C14H28N2O. The highest BCUT2D eigenvalue weighted by Gasteiger charge is 2.26. The van der Waals surface area contributed by atoms with Crippen molar-refractivity contribution in [2.75, 3.05) is 20.1 Å². The van der Waals surface area contributed by atoms with Gasteiger partial charge in [-0.15, -0.1) is 0 Å². The van der Waals surface area contributed by atoms with Crippen LogP contribution in [0.5, 0.6) is 0 Å². The fraction of sp³-hybridized carbons (Fsp3) is 0.929. The molecule has 1 amide bonds. The summed E-state index contributed by atoms with van der Waals surface area (Å²) >= 11 is 0. The molecule has 0 saturated heterocycles. The summed E-state index contributed by atoms with van der Waals surface area (Å²) in [6.45, 7) is 8.15. The highest BCUT2D eigenvalue weighted by molar-refractivity contribution is 5.81. The van der Waals surface area contributed by atoms with Crippen molar-refractivity contribution in [3.05, 3.63) is 0 Å². The van der Waals surface area contributed by atoms with Gasteiger partial charge in [0.1, 0.15) is 0 Å².